The Balaban J connectivity index is 1.84. The third kappa shape index (κ3) is 4.80. The maximum atomic E-state index is 13.1. The van der Waals surface area contributed by atoms with Crippen LogP contribution < -0.4 is 10.2 Å². The van der Waals surface area contributed by atoms with Crippen molar-refractivity contribution in [2.75, 3.05) is 31.6 Å². The minimum Gasteiger partial charge on any atom is -0.466 e. The van der Waals surface area contributed by atoms with E-state index in [2.05, 4.69) is 5.32 Å². The van der Waals surface area contributed by atoms with E-state index in [1.54, 1.807) is 19.1 Å². The third-order valence-electron chi connectivity index (χ3n) is 3.76. The Kier molecular flexibility index (Phi) is 5.89. The summed E-state index contributed by atoms with van der Waals surface area (Å²) in [5.74, 6) is -0.869. The van der Waals surface area contributed by atoms with Crippen molar-refractivity contribution in [2.24, 2.45) is 5.92 Å². The number of anilines is 1. The van der Waals surface area contributed by atoms with E-state index in [4.69, 9.17) is 4.74 Å². The number of esters is 1. The molecule has 0 saturated carbocycles. The highest BCUT2D eigenvalue weighted by atomic mass is 19.1. The highest BCUT2D eigenvalue weighted by molar-refractivity contribution is 5.91. The first kappa shape index (κ1) is 16.4. The molecular formula is C16H22FN2O3+. The van der Waals surface area contributed by atoms with Gasteiger partial charge in [0.2, 0.25) is 0 Å². The number of amides is 1. The molecule has 22 heavy (non-hydrogen) atoms. The van der Waals surface area contributed by atoms with Gasteiger partial charge >= 0.3 is 5.97 Å². The van der Waals surface area contributed by atoms with Gasteiger partial charge in [0.1, 0.15) is 11.7 Å². The number of piperidine rings is 1. The zero-order valence-corrected chi connectivity index (χ0v) is 12.7. The Labute approximate surface area is 129 Å². The van der Waals surface area contributed by atoms with Gasteiger partial charge in [-0.05, 0) is 38.0 Å². The number of likely N-dealkylation sites (tertiary alicyclic amines) is 1. The van der Waals surface area contributed by atoms with Crippen molar-refractivity contribution in [3.8, 4) is 0 Å². The lowest BCUT2D eigenvalue weighted by Gasteiger charge is -2.28. The second-order valence-corrected chi connectivity index (χ2v) is 5.53. The van der Waals surface area contributed by atoms with Gasteiger partial charge in [-0.3, -0.25) is 9.59 Å². The number of rotatable bonds is 5. The molecule has 2 rings (SSSR count). The SMILES string of the molecule is CCOC(=O)[C@H]1CCC[NH+](CC(=O)Nc2cccc(F)c2)C1. The number of carbonyl (C=O) groups is 2. The number of ether oxygens (including phenoxy) is 1. The minimum atomic E-state index is -0.384. The van der Waals surface area contributed by atoms with Crippen LogP contribution in [0.15, 0.2) is 24.3 Å². The molecule has 5 nitrogen and oxygen atoms in total. The van der Waals surface area contributed by atoms with E-state index < -0.39 is 0 Å². The monoisotopic (exact) mass is 309 g/mol. The van der Waals surface area contributed by atoms with Crippen LogP contribution in [0.4, 0.5) is 10.1 Å². The number of benzene rings is 1. The fourth-order valence-corrected chi connectivity index (χ4v) is 2.77. The van der Waals surface area contributed by atoms with Crippen LogP contribution in [-0.2, 0) is 14.3 Å². The molecule has 0 bridgehead atoms. The lowest BCUT2D eigenvalue weighted by atomic mass is 9.98. The van der Waals surface area contributed by atoms with E-state index in [9.17, 15) is 14.0 Å². The van der Waals surface area contributed by atoms with Crippen LogP contribution >= 0.6 is 0 Å². The normalized spacial score (nSPS) is 21.2. The Morgan fingerprint density at radius 2 is 2.27 bits per heavy atom. The summed E-state index contributed by atoms with van der Waals surface area (Å²) in [4.78, 5) is 24.9. The van der Waals surface area contributed by atoms with Gasteiger partial charge in [0, 0.05) is 5.69 Å². The lowest BCUT2D eigenvalue weighted by molar-refractivity contribution is -0.899. The molecule has 2 N–H and O–H groups in total. The number of quaternary nitrogens is 1. The molecule has 120 valence electrons. The molecular weight excluding hydrogens is 287 g/mol. The van der Waals surface area contributed by atoms with E-state index in [0.717, 1.165) is 24.3 Å². The lowest BCUT2D eigenvalue weighted by Crippen LogP contribution is -3.14. The average molecular weight is 309 g/mol. The van der Waals surface area contributed by atoms with Crippen molar-refractivity contribution in [2.45, 2.75) is 19.8 Å². The van der Waals surface area contributed by atoms with Gasteiger partial charge in [0.05, 0.1) is 19.7 Å². The Bertz CT molecular complexity index is 536. The molecule has 1 saturated heterocycles. The molecule has 0 spiro atoms. The van der Waals surface area contributed by atoms with E-state index in [1.165, 1.54) is 12.1 Å². The summed E-state index contributed by atoms with van der Waals surface area (Å²) < 4.78 is 18.1. The maximum absolute atomic E-state index is 13.1. The first-order valence-electron chi connectivity index (χ1n) is 7.64. The quantitative estimate of drug-likeness (QED) is 0.784. The topological polar surface area (TPSA) is 59.8 Å². The first-order valence-corrected chi connectivity index (χ1v) is 7.64. The fraction of sp³-hybridized carbons (Fsp3) is 0.500. The van der Waals surface area contributed by atoms with Crippen LogP contribution in [0.2, 0.25) is 0 Å². The predicted molar refractivity (Wildman–Crippen MR) is 80.0 cm³/mol. The van der Waals surface area contributed by atoms with Gasteiger partial charge in [-0.25, -0.2) is 4.39 Å². The molecule has 1 unspecified atom stereocenters. The molecule has 2 atom stereocenters. The van der Waals surface area contributed by atoms with Crippen LogP contribution in [0, 0.1) is 11.7 Å². The van der Waals surface area contributed by atoms with E-state index in [1.807, 2.05) is 0 Å². The van der Waals surface area contributed by atoms with Crippen molar-refractivity contribution in [3.05, 3.63) is 30.1 Å². The van der Waals surface area contributed by atoms with Gasteiger partial charge in [-0.2, -0.15) is 0 Å². The van der Waals surface area contributed by atoms with Gasteiger partial charge in [-0.1, -0.05) is 6.07 Å². The molecule has 1 amide bonds. The van der Waals surface area contributed by atoms with Crippen LogP contribution in [0.3, 0.4) is 0 Å². The minimum absolute atomic E-state index is 0.134. The summed E-state index contributed by atoms with van der Waals surface area (Å²) in [5.41, 5.74) is 0.448. The van der Waals surface area contributed by atoms with Crippen molar-refractivity contribution >= 4 is 17.6 Å². The Morgan fingerprint density at radius 1 is 1.45 bits per heavy atom. The third-order valence-corrected chi connectivity index (χ3v) is 3.76. The van der Waals surface area contributed by atoms with E-state index in [-0.39, 0.29) is 30.2 Å². The van der Waals surface area contributed by atoms with Crippen LogP contribution in [0.25, 0.3) is 0 Å². The number of carbonyl (C=O) groups excluding carboxylic acids is 2. The van der Waals surface area contributed by atoms with Crippen molar-refractivity contribution in [1.82, 2.24) is 0 Å². The molecule has 1 aromatic carbocycles. The Hall–Kier alpha value is -1.95. The predicted octanol–water partition coefficient (Wildman–Crippen LogP) is 0.622. The highest BCUT2D eigenvalue weighted by Crippen LogP contribution is 2.10. The molecule has 1 aromatic rings. The maximum Gasteiger partial charge on any atom is 0.314 e. The zero-order chi connectivity index (χ0) is 15.9. The smallest absolute Gasteiger partial charge is 0.314 e. The summed E-state index contributed by atoms with van der Waals surface area (Å²) in [5, 5.41) is 2.68. The summed E-state index contributed by atoms with van der Waals surface area (Å²) in [6.45, 7) is 3.90. The summed E-state index contributed by atoms with van der Waals surface area (Å²) in [6, 6.07) is 5.81. The van der Waals surface area contributed by atoms with Crippen LogP contribution in [-0.4, -0.2) is 38.1 Å². The molecule has 0 aliphatic carbocycles. The van der Waals surface area contributed by atoms with Crippen molar-refractivity contribution in [1.29, 1.82) is 0 Å². The molecule has 1 aliphatic heterocycles. The molecule has 1 heterocycles. The van der Waals surface area contributed by atoms with Gasteiger partial charge in [0.25, 0.3) is 5.91 Å². The molecule has 1 fully saturated rings. The second-order valence-electron chi connectivity index (χ2n) is 5.53. The number of hydrogen-bond donors (Lipinski definition) is 2. The number of halogens is 1. The Morgan fingerprint density at radius 3 is 3.00 bits per heavy atom. The molecule has 0 radical (unpaired) electrons. The molecule has 1 aliphatic rings. The molecule has 0 aromatic heterocycles. The summed E-state index contributed by atoms with van der Waals surface area (Å²) in [6.07, 6.45) is 1.71. The van der Waals surface area contributed by atoms with E-state index >= 15 is 0 Å². The van der Waals surface area contributed by atoms with Crippen molar-refractivity contribution in [3.63, 3.8) is 0 Å². The van der Waals surface area contributed by atoms with Gasteiger partial charge in [-0.15, -0.1) is 0 Å². The second kappa shape index (κ2) is 7.89. The average Bonchev–Trinajstić information content (AvgIpc) is 2.47. The van der Waals surface area contributed by atoms with Gasteiger partial charge in [0.15, 0.2) is 6.54 Å². The van der Waals surface area contributed by atoms with Gasteiger partial charge < -0.3 is 15.0 Å². The summed E-state index contributed by atoms with van der Waals surface area (Å²) >= 11 is 0. The first-order chi connectivity index (χ1) is 10.6. The standard InChI is InChI=1S/C16H21FN2O3/c1-2-22-16(21)12-5-4-8-19(10-12)11-15(20)18-14-7-3-6-13(17)9-14/h3,6-7,9,12H,2,4-5,8,10-11H2,1H3,(H,18,20)/p+1/t12-/m0/s1. The highest BCUT2D eigenvalue weighted by Gasteiger charge is 2.30. The number of hydrogen-bond acceptors (Lipinski definition) is 3. The fourth-order valence-electron chi connectivity index (χ4n) is 2.77. The molecule has 6 heteroatoms. The summed E-state index contributed by atoms with van der Waals surface area (Å²) in [7, 11) is 0. The van der Waals surface area contributed by atoms with Crippen LogP contribution in [0.5, 0.6) is 0 Å². The van der Waals surface area contributed by atoms with Crippen molar-refractivity contribution < 1.29 is 23.6 Å². The largest absolute Gasteiger partial charge is 0.466 e. The van der Waals surface area contributed by atoms with E-state index in [0.29, 0.717) is 18.8 Å². The zero-order valence-electron chi connectivity index (χ0n) is 12.7. The van der Waals surface area contributed by atoms with Crippen LogP contribution in [0.1, 0.15) is 19.8 Å². The number of nitrogens with one attached hydrogen (secondary N) is 2.